The van der Waals surface area contributed by atoms with Crippen LogP contribution >= 0.6 is 24.0 Å². The number of carboxylic acid groups (broad SMARTS) is 1. The van der Waals surface area contributed by atoms with Crippen molar-refractivity contribution < 1.29 is 24.2 Å². The van der Waals surface area contributed by atoms with Gasteiger partial charge in [-0.15, -0.1) is 0 Å². The van der Waals surface area contributed by atoms with Gasteiger partial charge in [-0.3, -0.25) is 9.69 Å². The summed E-state index contributed by atoms with van der Waals surface area (Å²) in [6.45, 7) is -0.558. The fourth-order valence-corrected chi connectivity index (χ4v) is 3.18. The average Bonchev–Trinajstić information content (AvgIpc) is 2.74. The monoisotopic (exact) mass is 338 g/mol. The molecular weight excluding hydrogens is 326 g/mol. The van der Waals surface area contributed by atoms with Crippen molar-refractivity contribution in [3.63, 3.8) is 0 Å². The molecule has 22 heavy (non-hydrogen) atoms. The molecule has 0 aliphatic carbocycles. The lowest BCUT2D eigenvalue weighted by molar-refractivity contribution is -0.305. The highest BCUT2D eigenvalue weighted by Gasteiger charge is 2.32. The Hall–Kier alpha value is -2.06. The number of benzene rings is 1. The van der Waals surface area contributed by atoms with Crippen LogP contribution in [0.3, 0.4) is 0 Å². The van der Waals surface area contributed by atoms with E-state index in [4.69, 9.17) is 21.7 Å². The van der Waals surface area contributed by atoms with Gasteiger partial charge in [0.05, 0.1) is 31.6 Å². The van der Waals surface area contributed by atoms with Crippen LogP contribution in [-0.4, -0.2) is 41.9 Å². The van der Waals surface area contributed by atoms with Crippen molar-refractivity contribution in [2.45, 2.75) is 0 Å². The molecule has 1 heterocycles. The van der Waals surface area contributed by atoms with Crippen LogP contribution < -0.4 is 14.6 Å². The van der Waals surface area contributed by atoms with E-state index in [0.717, 1.165) is 16.7 Å². The molecule has 6 nitrogen and oxygen atoms in total. The van der Waals surface area contributed by atoms with E-state index in [1.807, 2.05) is 0 Å². The Kier molecular flexibility index (Phi) is 5.04. The fraction of sp³-hybridized carbons (Fsp3) is 0.214. The van der Waals surface area contributed by atoms with E-state index in [2.05, 4.69) is 0 Å². The fourth-order valence-electron chi connectivity index (χ4n) is 1.93. The number of carboxylic acids is 1. The van der Waals surface area contributed by atoms with Gasteiger partial charge in [0.2, 0.25) is 0 Å². The Labute approximate surface area is 136 Å². The Bertz CT molecular complexity index is 671. The summed E-state index contributed by atoms with van der Waals surface area (Å²) in [5, 5.41) is 10.7. The molecule has 1 aromatic rings. The number of ether oxygens (including phenoxy) is 2. The number of carbonyl (C=O) groups is 2. The first-order valence-electron chi connectivity index (χ1n) is 6.14. The number of hydrogen-bond acceptors (Lipinski definition) is 7. The van der Waals surface area contributed by atoms with Crippen molar-refractivity contribution in [3.8, 4) is 11.5 Å². The van der Waals surface area contributed by atoms with Crippen molar-refractivity contribution in [1.29, 1.82) is 0 Å². The molecule has 0 atom stereocenters. The predicted octanol–water partition coefficient (Wildman–Crippen LogP) is 0.655. The van der Waals surface area contributed by atoms with Crippen molar-refractivity contribution in [3.05, 3.63) is 28.7 Å². The van der Waals surface area contributed by atoms with Crippen molar-refractivity contribution in [2.75, 3.05) is 20.8 Å². The molecular formula is C14H12NO5S2-. The summed E-state index contributed by atoms with van der Waals surface area (Å²) >= 11 is 6.05. The van der Waals surface area contributed by atoms with Crippen LogP contribution in [0.15, 0.2) is 23.1 Å². The smallest absolute Gasteiger partial charge is 0.266 e. The molecule has 0 spiro atoms. The maximum atomic E-state index is 12.2. The minimum absolute atomic E-state index is 0.183. The highest BCUT2D eigenvalue weighted by atomic mass is 32.2. The molecule has 0 N–H and O–H groups in total. The molecule has 1 aliphatic heterocycles. The Morgan fingerprint density at radius 3 is 2.73 bits per heavy atom. The topological polar surface area (TPSA) is 78.9 Å². The zero-order valence-electron chi connectivity index (χ0n) is 11.8. The number of rotatable bonds is 5. The summed E-state index contributed by atoms with van der Waals surface area (Å²) in [6, 6.07) is 5.25. The third-order valence-electron chi connectivity index (χ3n) is 2.88. The van der Waals surface area contributed by atoms with Gasteiger partial charge in [0.25, 0.3) is 5.91 Å². The highest BCUT2D eigenvalue weighted by molar-refractivity contribution is 8.26. The minimum atomic E-state index is -1.36. The summed E-state index contributed by atoms with van der Waals surface area (Å²) in [6.07, 6.45) is 1.59. The standard InChI is InChI=1S/C14H13NO5S2/c1-19-9-5-3-4-8(12(9)20-2)6-10-13(18)15(7-11(16)17)14(21)22-10/h3-6H,7H2,1-2H3,(H,16,17)/p-1/b10-6-. The minimum Gasteiger partial charge on any atom is -0.548 e. The number of nitrogens with zero attached hydrogens (tertiary/aromatic N) is 1. The van der Waals surface area contributed by atoms with Crippen LogP contribution in [0.4, 0.5) is 0 Å². The molecule has 8 heteroatoms. The molecule has 116 valence electrons. The first kappa shape index (κ1) is 16.3. The van der Waals surface area contributed by atoms with E-state index >= 15 is 0 Å². The van der Waals surface area contributed by atoms with Crippen LogP contribution in [0.5, 0.6) is 11.5 Å². The number of thioether (sulfide) groups is 1. The number of methoxy groups -OCH3 is 2. The average molecular weight is 338 g/mol. The quantitative estimate of drug-likeness (QED) is 0.576. The first-order chi connectivity index (χ1) is 10.5. The van der Waals surface area contributed by atoms with E-state index in [1.165, 1.54) is 14.2 Å². The van der Waals surface area contributed by atoms with Gasteiger partial charge in [-0.25, -0.2) is 0 Å². The summed E-state index contributed by atoms with van der Waals surface area (Å²) in [7, 11) is 3.01. The van der Waals surface area contributed by atoms with Gasteiger partial charge in [-0.05, 0) is 12.1 Å². The number of carbonyl (C=O) groups excluding carboxylic acids is 2. The van der Waals surface area contributed by atoms with E-state index < -0.39 is 18.4 Å². The second-order valence-corrected chi connectivity index (χ2v) is 5.90. The maximum absolute atomic E-state index is 12.2. The number of thiocarbonyl (C=S) groups is 1. The van der Waals surface area contributed by atoms with Gasteiger partial charge < -0.3 is 19.4 Å². The van der Waals surface area contributed by atoms with Gasteiger partial charge in [-0.2, -0.15) is 0 Å². The van der Waals surface area contributed by atoms with E-state index in [0.29, 0.717) is 22.0 Å². The second kappa shape index (κ2) is 6.80. The van der Waals surface area contributed by atoms with Crippen LogP contribution in [0.1, 0.15) is 5.56 Å². The van der Waals surface area contributed by atoms with Gasteiger partial charge in [0.1, 0.15) is 4.32 Å². The number of amides is 1. The summed E-state index contributed by atoms with van der Waals surface area (Å²) in [4.78, 5) is 24.2. The molecule has 1 aliphatic rings. The molecule has 1 saturated heterocycles. The predicted molar refractivity (Wildman–Crippen MR) is 84.4 cm³/mol. The van der Waals surface area contributed by atoms with Crippen molar-refractivity contribution in [1.82, 2.24) is 4.90 Å². The molecule has 1 aromatic carbocycles. The van der Waals surface area contributed by atoms with Crippen LogP contribution in [-0.2, 0) is 9.59 Å². The van der Waals surface area contributed by atoms with Gasteiger partial charge >= 0.3 is 0 Å². The van der Waals surface area contributed by atoms with Gasteiger partial charge in [0.15, 0.2) is 11.5 Å². The summed E-state index contributed by atoms with van der Waals surface area (Å²) < 4.78 is 10.7. The lowest BCUT2D eigenvalue weighted by Gasteiger charge is -2.14. The van der Waals surface area contributed by atoms with Crippen LogP contribution in [0.25, 0.3) is 6.08 Å². The molecule has 0 unspecified atom stereocenters. The molecule has 0 aromatic heterocycles. The maximum Gasteiger partial charge on any atom is 0.266 e. The lowest BCUT2D eigenvalue weighted by atomic mass is 10.1. The number of hydrogen-bond donors (Lipinski definition) is 0. The Balaban J connectivity index is 2.37. The molecule has 0 saturated carbocycles. The second-order valence-electron chi connectivity index (χ2n) is 4.22. The van der Waals surface area contributed by atoms with Crippen LogP contribution in [0.2, 0.25) is 0 Å². The normalized spacial score (nSPS) is 16.3. The number of para-hydroxylation sites is 1. The summed E-state index contributed by atoms with van der Waals surface area (Å²) in [5.41, 5.74) is 0.635. The van der Waals surface area contributed by atoms with Crippen molar-refractivity contribution >= 4 is 46.3 Å². The Morgan fingerprint density at radius 2 is 2.14 bits per heavy atom. The SMILES string of the molecule is COc1cccc(/C=C2\SC(=S)N(CC(=O)[O-])C2=O)c1OC. The highest BCUT2D eigenvalue weighted by Crippen LogP contribution is 2.37. The lowest BCUT2D eigenvalue weighted by Crippen LogP contribution is -2.40. The van der Waals surface area contributed by atoms with E-state index in [9.17, 15) is 14.7 Å². The third-order valence-corrected chi connectivity index (χ3v) is 4.26. The molecule has 0 radical (unpaired) electrons. The number of aliphatic carboxylic acids is 1. The zero-order chi connectivity index (χ0) is 16.3. The first-order valence-corrected chi connectivity index (χ1v) is 7.36. The van der Waals surface area contributed by atoms with Gasteiger partial charge in [0, 0.05) is 5.56 Å². The third kappa shape index (κ3) is 3.23. The zero-order valence-corrected chi connectivity index (χ0v) is 13.5. The summed E-state index contributed by atoms with van der Waals surface area (Å²) in [5.74, 6) is -0.822. The Morgan fingerprint density at radius 1 is 1.41 bits per heavy atom. The molecule has 2 rings (SSSR count). The largest absolute Gasteiger partial charge is 0.548 e. The molecule has 1 fully saturated rings. The molecule has 1 amide bonds. The van der Waals surface area contributed by atoms with E-state index in [-0.39, 0.29) is 4.32 Å². The van der Waals surface area contributed by atoms with E-state index in [1.54, 1.807) is 24.3 Å². The van der Waals surface area contributed by atoms with Crippen LogP contribution in [0, 0.1) is 0 Å². The van der Waals surface area contributed by atoms with Crippen molar-refractivity contribution in [2.24, 2.45) is 0 Å². The van der Waals surface area contributed by atoms with Gasteiger partial charge in [-0.1, -0.05) is 36.1 Å². The molecule has 0 bridgehead atoms.